The summed E-state index contributed by atoms with van der Waals surface area (Å²) < 4.78 is 7.82. The number of H-pyrrole nitrogens is 1. The Bertz CT molecular complexity index is 1210. The second-order valence-corrected chi connectivity index (χ2v) is 10.9. The highest BCUT2D eigenvalue weighted by Gasteiger charge is 2.36. The molecule has 8 nitrogen and oxygen atoms in total. The number of hydrogen-bond acceptors (Lipinski definition) is 6. The lowest BCUT2D eigenvalue weighted by atomic mass is 9.94. The van der Waals surface area contributed by atoms with Crippen molar-refractivity contribution in [2.75, 3.05) is 6.61 Å². The van der Waals surface area contributed by atoms with Crippen LogP contribution in [0.3, 0.4) is 0 Å². The highest BCUT2D eigenvalue weighted by atomic mass is 16.5. The number of ether oxygens (including phenoxy) is 1. The molecule has 1 atom stereocenters. The van der Waals surface area contributed by atoms with Crippen LogP contribution in [-0.4, -0.2) is 42.7 Å². The molecule has 5 rings (SSSR count). The van der Waals surface area contributed by atoms with Crippen LogP contribution in [-0.2, 0) is 6.54 Å². The Morgan fingerprint density at radius 2 is 1.83 bits per heavy atom. The van der Waals surface area contributed by atoms with Crippen molar-refractivity contribution in [3.8, 4) is 5.75 Å². The van der Waals surface area contributed by atoms with Gasteiger partial charge in [-0.25, -0.2) is 4.68 Å². The van der Waals surface area contributed by atoms with Crippen molar-refractivity contribution in [3.05, 3.63) is 46.0 Å². The number of rotatable bonds is 9. The van der Waals surface area contributed by atoms with Crippen LogP contribution in [0.25, 0.3) is 10.9 Å². The van der Waals surface area contributed by atoms with Crippen LogP contribution in [0.1, 0.15) is 102 Å². The summed E-state index contributed by atoms with van der Waals surface area (Å²) in [4.78, 5) is 18.9. The van der Waals surface area contributed by atoms with Gasteiger partial charge in [0, 0.05) is 29.1 Å². The molecule has 3 aromatic rings. The van der Waals surface area contributed by atoms with Crippen molar-refractivity contribution in [2.24, 2.45) is 5.92 Å². The molecule has 0 unspecified atom stereocenters. The molecule has 2 aliphatic rings. The van der Waals surface area contributed by atoms with E-state index in [1.165, 1.54) is 32.1 Å². The number of benzene rings is 1. The number of hydrogen-bond donors (Lipinski definition) is 1. The second kappa shape index (κ2) is 11.1. The molecule has 36 heavy (non-hydrogen) atoms. The van der Waals surface area contributed by atoms with Crippen LogP contribution in [0.4, 0.5) is 0 Å². The second-order valence-electron chi connectivity index (χ2n) is 10.9. The molecule has 2 fully saturated rings. The van der Waals surface area contributed by atoms with E-state index in [4.69, 9.17) is 4.74 Å². The Labute approximate surface area is 213 Å². The standard InChI is InChI=1S/C28H40N6O2/c1-4-36-24-14-15-25-20(17-24)16-21(28(35)29-25)18-33(22-10-8-9-11-22)26(19(2)3)27-30-31-32-34(27)23-12-6-5-7-13-23/h14-17,19,22-23,26H,4-13,18H2,1-3H3,(H,29,35)/t26-/m0/s1. The van der Waals surface area contributed by atoms with Gasteiger partial charge in [0.25, 0.3) is 5.56 Å². The molecular weight excluding hydrogens is 452 g/mol. The molecule has 8 heteroatoms. The van der Waals surface area contributed by atoms with Gasteiger partial charge in [-0.1, -0.05) is 46.0 Å². The van der Waals surface area contributed by atoms with Crippen LogP contribution in [0.15, 0.2) is 29.1 Å². The maximum absolute atomic E-state index is 13.2. The van der Waals surface area contributed by atoms with E-state index in [9.17, 15) is 4.79 Å². The largest absolute Gasteiger partial charge is 0.494 e. The van der Waals surface area contributed by atoms with Crippen molar-refractivity contribution in [1.29, 1.82) is 0 Å². The summed E-state index contributed by atoms with van der Waals surface area (Å²) in [6.07, 6.45) is 10.8. The molecule has 0 bridgehead atoms. The third-order valence-corrected chi connectivity index (χ3v) is 8.04. The fraction of sp³-hybridized carbons (Fsp3) is 0.643. The highest BCUT2D eigenvalue weighted by molar-refractivity contribution is 5.80. The van der Waals surface area contributed by atoms with Gasteiger partial charge >= 0.3 is 0 Å². The molecule has 2 aliphatic carbocycles. The third-order valence-electron chi connectivity index (χ3n) is 8.04. The van der Waals surface area contributed by atoms with Crippen molar-refractivity contribution in [2.45, 2.75) is 103 Å². The van der Waals surface area contributed by atoms with E-state index in [1.54, 1.807) is 0 Å². The van der Waals surface area contributed by atoms with Crippen LogP contribution >= 0.6 is 0 Å². The molecule has 2 heterocycles. The fourth-order valence-corrected chi connectivity index (χ4v) is 6.30. The fourth-order valence-electron chi connectivity index (χ4n) is 6.30. The van der Waals surface area contributed by atoms with Gasteiger partial charge in [0.15, 0.2) is 5.82 Å². The molecule has 0 saturated heterocycles. The van der Waals surface area contributed by atoms with E-state index in [0.717, 1.165) is 53.7 Å². The minimum absolute atomic E-state index is 0.0240. The van der Waals surface area contributed by atoms with E-state index >= 15 is 0 Å². The lowest BCUT2D eigenvalue weighted by Gasteiger charge is -2.38. The molecule has 194 valence electrons. The molecule has 0 spiro atoms. The average molecular weight is 493 g/mol. The number of tetrazole rings is 1. The number of fused-ring (bicyclic) bond motifs is 1. The monoisotopic (exact) mass is 492 g/mol. The van der Waals surface area contributed by atoms with Crippen LogP contribution < -0.4 is 10.3 Å². The zero-order valence-corrected chi connectivity index (χ0v) is 21.9. The van der Waals surface area contributed by atoms with E-state index in [0.29, 0.717) is 31.2 Å². The van der Waals surface area contributed by atoms with Crippen molar-refractivity contribution >= 4 is 10.9 Å². The first-order valence-corrected chi connectivity index (χ1v) is 13.9. The summed E-state index contributed by atoms with van der Waals surface area (Å²) in [7, 11) is 0. The van der Waals surface area contributed by atoms with E-state index in [1.807, 2.05) is 31.2 Å². The van der Waals surface area contributed by atoms with Gasteiger partial charge in [0.1, 0.15) is 5.75 Å². The Hall–Kier alpha value is -2.74. The van der Waals surface area contributed by atoms with E-state index < -0.39 is 0 Å². The normalized spacial score (nSPS) is 18.5. The van der Waals surface area contributed by atoms with Crippen molar-refractivity contribution < 1.29 is 4.74 Å². The third kappa shape index (κ3) is 5.19. The zero-order valence-electron chi connectivity index (χ0n) is 21.9. The van der Waals surface area contributed by atoms with Crippen molar-refractivity contribution in [1.82, 2.24) is 30.1 Å². The molecule has 2 aromatic heterocycles. The SMILES string of the molecule is CCOc1ccc2[nH]c(=O)c(CN(C3CCCC3)[C@H](c3nnnn3C3CCCCC3)C(C)C)cc2c1. The highest BCUT2D eigenvalue weighted by Crippen LogP contribution is 2.38. The van der Waals surface area contributed by atoms with Gasteiger partial charge in [-0.05, 0) is 73.2 Å². The average Bonchev–Trinajstić information content (AvgIpc) is 3.57. The van der Waals surface area contributed by atoms with Crippen molar-refractivity contribution in [3.63, 3.8) is 0 Å². The number of aromatic nitrogens is 5. The van der Waals surface area contributed by atoms with Gasteiger partial charge in [-0.15, -0.1) is 5.10 Å². The summed E-state index contributed by atoms with van der Waals surface area (Å²) in [5, 5.41) is 14.3. The lowest BCUT2D eigenvalue weighted by Crippen LogP contribution is -2.41. The summed E-state index contributed by atoms with van der Waals surface area (Å²) in [5.41, 5.74) is 1.59. The van der Waals surface area contributed by atoms with Crippen LogP contribution in [0.5, 0.6) is 5.75 Å². The molecule has 0 radical (unpaired) electrons. The number of aromatic amines is 1. The quantitative estimate of drug-likeness (QED) is 0.421. The molecule has 0 amide bonds. The first-order chi connectivity index (χ1) is 17.5. The molecular formula is C28H40N6O2. The summed E-state index contributed by atoms with van der Waals surface area (Å²) in [5.74, 6) is 2.09. The van der Waals surface area contributed by atoms with Crippen LogP contribution in [0, 0.1) is 5.92 Å². The van der Waals surface area contributed by atoms with Crippen LogP contribution in [0.2, 0.25) is 0 Å². The Morgan fingerprint density at radius 1 is 1.08 bits per heavy atom. The maximum atomic E-state index is 13.2. The van der Waals surface area contributed by atoms with E-state index in [-0.39, 0.29) is 11.6 Å². The molecule has 1 N–H and O–H groups in total. The smallest absolute Gasteiger partial charge is 0.252 e. The van der Waals surface area contributed by atoms with Gasteiger partial charge in [0.05, 0.1) is 18.7 Å². The maximum Gasteiger partial charge on any atom is 0.252 e. The number of pyridine rings is 1. The first-order valence-electron chi connectivity index (χ1n) is 13.9. The molecule has 1 aromatic carbocycles. The molecule has 0 aliphatic heterocycles. The Kier molecular flexibility index (Phi) is 7.70. The zero-order chi connectivity index (χ0) is 25.1. The Morgan fingerprint density at radius 3 is 2.56 bits per heavy atom. The molecule has 2 saturated carbocycles. The minimum atomic E-state index is -0.0240. The van der Waals surface area contributed by atoms with Gasteiger partial charge < -0.3 is 9.72 Å². The summed E-state index contributed by atoms with van der Waals surface area (Å²) in [6.45, 7) is 7.68. The summed E-state index contributed by atoms with van der Waals surface area (Å²) in [6, 6.07) is 8.73. The topological polar surface area (TPSA) is 88.9 Å². The predicted molar refractivity (Wildman–Crippen MR) is 141 cm³/mol. The number of nitrogens with one attached hydrogen (secondary N) is 1. The predicted octanol–water partition coefficient (Wildman–Crippen LogP) is 5.56. The van der Waals surface area contributed by atoms with Gasteiger partial charge in [-0.2, -0.15) is 0 Å². The number of nitrogens with zero attached hydrogens (tertiary/aromatic N) is 5. The van der Waals surface area contributed by atoms with Gasteiger partial charge in [-0.3, -0.25) is 9.69 Å². The van der Waals surface area contributed by atoms with Gasteiger partial charge in [0.2, 0.25) is 0 Å². The Balaban J connectivity index is 1.52. The van der Waals surface area contributed by atoms with E-state index in [2.05, 4.69) is 43.9 Å². The minimum Gasteiger partial charge on any atom is -0.494 e. The first kappa shape index (κ1) is 24.9. The lowest BCUT2D eigenvalue weighted by molar-refractivity contribution is 0.0815. The summed E-state index contributed by atoms with van der Waals surface area (Å²) >= 11 is 0.